The van der Waals surface area contributed by atoms with E-state index in [2.05, 4.69) is 19.7 Å². The van der Waals surface area contributed by atoms with Gasteiger partial charge in [0, 0.05) is 39.1 Å². The summed E-state index contributed by atoms with van der Waals surface area (Å²) in [6, 6.07) is 0. The molecule has 3 heterocycles. The fraction of sp³-hybridized carbons (Fsp3) is 0.824. The smallest absolute Gasteiger partial charge is 0.409 e. The van der Waals surface area contributed by atoms with E-state index in [1.807, 2.05) is 14.0 Å². The van der Waals surface area contributed by atoms with Crippen molar-refractivity contribution in [2.75, 3.05) is 46.0 Å². The van der Waals surface area contributed by atoms with Crippen LogP contribution in [0.25, 0.3) is 0 Å². The van der Waals surface area contributed by atoms with E-state index in [-0.39, 0.29) is 6.09 Å². The number of likely N-dealkylation sites (tertiary alicyclic amines) is 1. The van der Waals surface area contributed by atoms with Gasteiger partial charge in [-0.05, 0) is 19.3 Å². The molecule has 0 radical (unpaired) electrons. The molecule has 2 aliphatic rings. The minimum absolute atomic E-state index is 0.189. The third kappa shape index (κ3) is 4.49. The van der Waals surface area contributed by atoms with Crippen molar-refractivity contribution in [3.05, 3.63) is 11.6 Å². The lowest BCUT2D eigenvalue weighted by Gasteiger charge is -2.31. The monoisotopic (exact) mass is 351 g/mol. The zero-order valence-corrected chi connectivity index (χ0v) is 15.3. The Bertz CT molecular complexity index is 563. The van der Waals surface area contributed by atoms with Gasteiger partial charge in [-0.2, -0.15) is 0 Å². The second-order valence-electron chi connectivity index (χ2n) is 6.80. The van der Waals surface area contributed by atoms with Gasteiger partial charge in [0.1, 0.15) is 11.6 Å². The highest BCUT2D eigenvalue weighted by Crippen LogP contribution is 2.27. The van der Waals surface area contributed by atoms with Crippen molar-refractivity contribution >= 4 is 6.09 Å². The number of ether oxygens (including phenoxy) is 2. The van der Waals surface area contributed by atoms with E-state index in [0.29, 0.717) is 12.5 Å². The van der Waals surface area contributed by atoms with Crippen molar-refractivity contribution in [2.45, 2.75) is 38.6 Å². The van der Waals surface area contributed by atoms with Crippen LogP contribution in [0, 0.1) is 0 Å². The molecule has 1 amide bonds. The molecule has 140 valence electrons. The Labute approximate surface area is 149 Å². The summed E-state index contributed by atoms with van der Waals surface area (Å²) in [5.74, 6) is 2.39. The van der Waals surface area contributed by atoms with Crippen LogP contribution in [-0.4, -0.2) is 76.7 Å². The molecule has 0 aliphatic carbocycles. The van der Waals surface area contributed by atoms with Crippen LogP contribution >= 0.6 is 0 Å². The zero-order chi connectivity index (χ0) is 17.6. The summed E-state index contributed by atoms with van der Waals surface area (Å²) in [4.78, 5) is 16.1. The van der Waals surface area contributed by atoms with Crippen LogP contribution in [0.5, 0.6) is 0 Å². The van der Waals surface area contributed by atoms with Crippen LogP contribution in [0.1, 0.15) is 43.8 Å². The standard InChI is InChI=1S/C17H29N5O3/c1-3-10-25-17(23)22-6-4-14(5-7-22)16-19-18-15(20(16)2)13-21-8-11-24-12-9-21/h14H,3-13H2,1-2H3. The van der Waals surface area contributed by atoms with Crippen molar-refractivity contribution in [1.82, 2.24) is 24.6 Å². The average molecular weight is 351 g/mol. The predicted octanol–water partition coefficient (Wildman–Crippen LogP) is 1.37. The summed E-state index contributed by atoms with van der Waals surface area (Å²) in [5, 5.41) is 8.85. The van der Waals surface area contributed by atoms with E-state index in [9.17, 15) is 4.79 Å². The van der Waals surface area contributed by atoms with Crippen LogP contribution in [0.2, 0.25) is 0 Å². The maximum Gasteiger partial charge on any atom is 0.409 e. The Hall–Kier alpha value is -1.67. The number of carbonyl (C=O) groups is 1. The first-order chi connectivity index (χ1) is 12.2. The fourth-order valence-electron chi connectivity index (χ4n) is 3.43. The highest BCUT2D eigenvalue weighted by atomic mass is 16.6. The van der Waals surface area contributed by atoms with E-state index < -0.39 is 0 Å². The van der Waals surface area contributed by atoms with E-state index in [1.165, 1.54) is 0 Å². The molecule has 0 saturated carbocycles. The second-order valence-corrected chi connectivity index (χ2v) is 6.80. The van der Waals surface area contributed by atoms with Gasteiger partial charge in [0.25, 0.3) is 0 Å². The minimum atomic E-state index is -0.189. The molecule has 0 bridgehead atoms. The molecular weight excluding hydrogens is 322 g/mol. The molecule has 25 heavy (non-hydrogen) atoms. The maximum atomic E-state index is 11.9. The number of hydrogen-bond donors (Lipinski definition) is 0. The molecule has 8 nitrogen and oxygen atoms in total. The minimum Gasteiger partial charge on any atom is -0.449 e. The normalized spacial score (nSPS) is 20.0. The maximum absolute atomic E-state index is 11.9. The van der Waals surface area contributed by atoms with Crippen molar-refractivity contribution < 1.29 is 14.3 Å². The highest BCUT2D eigenvalue weighted by molar-refractivity contribution is 5.67. The first-order valence-corrected chi connectivity index (χ1v) is 9.29. The molecule has 8 heteroatoms. The number of carbonyl (C=O) groups excluding carboxylic acids is 1. The van der Waals surface area contributed by atoms with Gasteiger partial charge < -0.3 is 18.9 Å². The quantitative estimate of drug-likeness (QED) is 0.798. The fourth-order valence-corrected chi connectivity index (χ4v) is 3.43. The summed E-state index contributed by atoms with van der Waals surface area (Å²) in [7, 11) is 2.05. The van der Waals surface area contributed by atoms with Gasteiger partial charge in [-0.1, -0.05) is 6.92 Å². The Kier molecular flexibility index (Phi) is 6.25. The van der Waals surface area contributed by atoms with Crippen molar-refractivity contribution in [2.24, 2.45) is 7.05 Å². The number of rotatable bonds is 5. The second kappa shape index (κ2) is 8.62. The molecule has 0 aromatic carbocycles. The Balaban J connectivity index is 1.54. The van der Waals surface area contributed by atoms with Gasteiger partial charge in [-0.3, -0.25) is 4.90 Å². The molecule has 0 N–H and O–H groups in total. The molecule has 2 aliphatic heterocycles. The van der Waals surface area contributed by atoms with Crippen molar-refractivity contribution in [1.29, 1.82) is 0 Å². The number of aromatic nitrogens is 3. The number of amides is 1. The van der Waals surface area contributed by atoms with Gasteiger partial charge in [0.2, 0.25) is 0 Å². The molecule has 0 atom stereocenters. The summed E-state index contributed by atoms with van der Waals surface area (Å²) < 4.78 is 12.7. The highest BCUT2D eigenvalue weighted by Gasteiger charge is 2.28. The Morgan fingerprint density at radius 1 is 1.20 bits per heavy atom. The van der Waals surface area contributed by atoms with Crippen LogP contribution < -0.4 is 0 Å². The zero-order valence-electron chi connectivity index (χ0n) is 15.3. The van der Waals surface area contributed by atoms with E-state index in [0.717, 1.165) is 76.8 Å². The van der Waals surface area contributed by atoms with Gasteiger partial charge in [-0.25, -0.2) is 4.79 Å². The summed E-state index contributed by atoms with van der Waals surface area (Å²) in [6.45, 7) is 8.22. The van der Waals surface area contributed by atoms with Gasteiger partial charge >= 0.3 is 6.09 Å². The number of piperidine rings is 1. The topological polar surface area (TPSA) is 72.7 Å². The molecule has 0 spiro atoms. The molecule has 0 unspecified atom stereocenters. The molecule has 2 fully saturated rings. The lowest BCUT2D eigenvalue weighted by atomic mass is 9.96. The Morgan fingerprint density at radius 2 is 1.92 bits per heavy atom. The molecule has 3 rings (SSSR count). The van der Waals surface area contributed by atoms with E-state index in [4.69, 9.17) is 9.47 Å². The first-order valence-electron chi connectivity index (χ1n) is 9.29. The molecular formula is C17H29N5O3. The number of hydrogen-bond acceptors (Lipinski definition) is 6. The van der Waals surface area contributed by atoms with Crippen LogP contribution in [0.15, 0.2) is 0 Å². The van der Waals surface area contributed by atoms with E-state index in [1.54, 1.807) is 4.90 Å². The lowest BCUT2D eigenvalue weighted by Crippen LogP contribution is -2.39. The van der Waals surface area contributed by atoms with E-state index >= 15 is 0 Å². The summed E-state index contributed by atoms with van der Waals surface area (Å²) in [5.41, 5.74) is 0. The predicted molar refractivity (Wildman–Crippen MR) is 92.3 cm³/mol. The number of morpholine rings is 1. The molecule has 2 saturated heterocycles. The van der Waals surface area contributed by atoms with Crippen LogP contribution in [0.4, 0.5) is 4.79 Å². The molecule has 1 aromatic rings. The van der Waals surface area contributed by atoms with Crippen molar-refractivity contribution in [3.8, 4) is 0 Å². The molecule has 1 aromatic heterocycles. The average Bonchev–Trinajstić information content (AvgIpc) is 3.01. The summed E-state index contributed by atoms with van der Waals surface area (Å²) >= 11 is 0. The third-order valence-electron chi connectivity index (χ3n) is 5.02. The summed E-state index contributed by atoms with van der Waals surface area (Å²) in [6.07, 6.45) is 2.48. The lowest BCUT2D eigenvalue weighted by molar-refractivity contribution is 0.0326. The van der Waals surface area contributed by atoms with Crippen molar-refractivity contribution in [3.63, 3.8) is 0 Å². The van der Waals surface area contributed by atoms with Crippen LogP contribution in [0.3, 0.4) is 0 Å². The van der Waals surface area contributed by atoms with Crippen LogP contribution in [-0.2, 0) is 23.1 Å². The SMILES string of the molecule is CCCOC(=O)N1CCC(c2nnc(CN3CCOCC3)n2C)CC1. The van der Waals surface area contributed by atoms with Gasteiger partial charge in [0.15, 0.2) is 0 Å². The number of nitrogens with zero attached hydrogens (tertiary/aromatic N) is 5. The largest absolute Gasteiger partial charge is 0.449 e. The van der Waals surface area contributed by atoms with Gasteiger partial charge in [0.05, 0.1) is 26.4 Å². The van der Waals surface area contributed by atoms with Gasteiger partial charge in [-0.15, -0.1) is 10.2 Å². The Morgan fingerprint density at radius 3 is 2.60 bits per heavy atom. The first kappa shape index (κ1) is 18.1. The third-order valence-corrected chi connectivity index (χ3v) is 5.02.